The minimum Gasteiger partial charge on any atom is -0.375 e. The van der Waals surface area contributed by atoms with E-state index in [1.807, 2.05) is 30.3 Å². The molecule has 2 aromatic rings. The Bertz CT molecular complexity index is 708. The second-order valence-corrected chi connectivity index (χ2v) is 6.17. The van der Waals surface area contributed by atoms with Gasteiger partial charge < -0.3 is 5.32 Å². The van der Waals surface area contributed by atoms with Crippen molar-refractivity contribution < 1.29 is 4.39 Å². The third kappa shape index (κ3) is 2.06. The highest BCUT2D eigenvalue weighted by atomic mass is 35.5. The predicted molar refractivity (Wildman–Crippen MR) is 84.2 cm³/mol. The third-order valence-electron chi connectivity index (χ3n) is 4.58. The van der Waals surface area contributed by atoms with Crippen LogP contribution in [0.1, 0.15) is 29.5 Å². The van der Waals surface area contributed by atoms with Gasteiger partial charge in [0.05, 0.1) is 11.7 Å². The summed E-state index contributed by atoms with van der Waals surface area (Å²) in [6.45, 7) is 0. The van der Waals surface area contributed by atoms with Crippen LogP contribution in [-0.2, 0) is 0 Å². The van der Waals surface area contributed by atoms with Crippen molar-refractivity contribution in [2.45, 2.75) is 18.4 Å². The summed E-state index contributed by atoms with van der Waals surface area (Å²) in [6, 6.07) is 13.3. The molecule has 0 spiro atoms. The number of hydrogen-bond donors (Lipinski definition) is 1. The molecule has 3 heteroatoms. The third-order valence-corrected chi connectivity index (χ3v) is 4.83. The van der Waals surface area contributed by atoms with Crippen molar-refractivity contribution in [3.05, 3.63) is 76.6 Å². The van der Waals surface area contributed by atoms with Crippen LogP contribution in [0.5, 0.6) is 0 Å². The van der Waals surface area contributed by atoms with Crippen LogP contribution >= 0.6 is 11.6 Å². The molecule has 1 nitrogen and oxygen atoms in total. The highest BCUT2D eigenvalue weighted by Gasteiger charge is 2.38. The van der Waals surface area contributed by atoms with Gasteiger partial charge in [-0.05, 0) is 41.7 Å². The first-order valence-electron chi connectivity index (χ1n) is 7.21. The zero-order chi connectivity index (χ0) is 14.4. The van der Waals surface area contributed by atoms with Crippen LogP contribution in [0.4, 0.5) is 10.1 Å². The van der Waals surface area contributed by atoms with Crippen molar-refractivity contribution in [1.29, 1.82) is 0 Å². The SMILES string of the molecule is Fc1cccc2c1NC(c1ccc(Cl)cc1)C1CC=CC21. The van der Waals surface area contributed by atoms with E-state index < -0.39 is 0 Å². The molecule has 106 valence electrons. The highest BCUT2D eigenvalue weighted by Crippen LogP contribution is 2.50. The van der Waals surface area contributed by atoms with Gasteiger partial charge in [-0.1, -0.05) is 48.0 Å². The summed E-state index contributed by atoms with van der Waals surface area (Å²) in [5, 5.41) is 4.14. The maximum Gasteiger partial charge on any atom is 0.146 e. The Balaban J connectivity index is 1.81. The Labute approximate surface area is 128 Å². The summed E-state index contributed by atoms with van der Waals surface area (Å²) in [7, 11) is 0. The van der Waals surface area contributed by atoms with E-state index in [0.717, 1.165) is 22.6 Å². The van der Waals surface area contributed by atoms with E-state index in [0.29, 0.717) is 11.6 Å². The molecule has 1 aliphatic heterocycles. The molecule has 1 heterocycles. The lowest BCUT2D eigenvalue weighted by Crippen LogP contribution is -2.29. The Morgan fingerprint density at radius 2 is 1.90 bits per heavy atom. The van der Waals surface area contributed by atoms with Crippen LogP contribution in [0.15, 0.2) is 54.6 Å². The Morgan fingerprint density at radius 3 is 2.71 bits per heavy atom. The average molecular weight is 300 g/mol. The van der Waals surface area contributed by atoms with Gasteiger partial charge in [0, 0.05) is 10.9 Å². The number of halogens is 2. The molecule has 0 amide bonds. The van der Waals surface area contributed by atoms with Crippen LogP contribution in [0.2, 0.25) is 5.02 Å². The van der Waals surface area contributed by atoms with Gasteiger partial charge in [-0.25, -0.2) is 4.39 Å². The zero-order valence-electron chi connectivity index (χ0n) is 11.4. The summed E-state index contributed by atoms with van der Waals surface area (Å²) in [5.74, 6) is 0.545. The molecular weight excluding hydrogens is 285 g/mol. The first kappa shape index (κ1) is 12.9. The highest BCUT2D eigenvalue weighted by molar-refractivity contribution is 6.30. The number of rotatable bonds is 1. The molecule has 21 heavy (non-hydrogen) atoms. The number of fused-ring (bicyclic) bond motifs is 3. The molecule has 3 unspecified atom stereocenters. The van der Waals surface area contributed by atoms with Crippen molar-refractivity contribution in [3.8, 4) is 0 Å². The molecule has 0 aromatic heterocycles. The van der Waals surface area contributed by atoms with Crippen molar-refractivity contribution >= 4 is 17.3 Å². The summed E-state index contributed by atoms with van der Waals surface area (Å²) < 4.78 is 14.2. The molecule has 0 radical (unpaired) electrons. The molecule has 0 fully saturated rings. The van der Waals surface area contributed by atoms with Gasteiger partial charge in [0.15, 0.2) is 0 Å². The van der Waals surface area contributed by atoms with Gasteiger partial charge in [0.25, 0.3) is 0 Å². The lowest BCUT2D eigenvalue weighted by Gasteiger charge is -2.37. The number of anilines is 1. The van der Waals surface area contributed by atoms with Gasteiger partial charge in [-0.3, -0.25) is 0 Å². The largest absolute Gasteiger partial charge is 0.375 e. The van der Waals surface area contributed by atoms with E-state index in [1.165, 1.54) is 6.07 Å². The zero-order valence-corrected chi connectivity index (χ0v) is 12.1. The minimum absolute atomic E-state index is 0.117. The first-order valence-corrected chi connectivity index (χ1v) is 7.59. The molecule has 0 bridgehead atoms. The number of para-hydroxylation sites is 1. The van der Waals surface area contributed by atoms with Gasteiger partial charge in [0.1, 0.15) is 5.82 Å². The molecule has 0 saturated carbocycles. The Morgan fingerprint density at radius 1 is 1.10 bits per heavy atom. The standard InChI is InChI=1S/C18H15ClFN/c19-12-9-7-11(8-10-12)17-14-4-1-3-13(14)15-5-2-6-16(20)18(15)21-17/h1-3,5-10,13-14,17,21H,4H2. The smallest absolute Gasteiger partial charge is 0.146 e. The molecule has 0 saturated heterocycles. The molecule has 2 aromatic carbocycles. The lowest BCUT2D eigenvalue weighted by molar-refractivity contribution is 0.421. The van der Waals surface area contributed by atoms with E-state index in [-0.39, 0.29) is 17.8 Å². The van der Waals surface area contributed by atoms with Crippen LogP contribution in [0, 0.1) is 11.7 Å². The summed E-state index contributed by atoms with van der Waals surface area (Å²) in [5.41, 5.74) is 2.87. The van der Waals surface area contributed by atoms with Crippen LogP contribution in [0.3, 0.4) is 0 Å². The molecule has 3 atom stereocenters. The fourth-order valence-corrected chi connectivity index (χ4v) is 3.71. The number of benzene rings is 2. The lowest BCUT2D eigenvalue weighted by atomic mass is 9.77. The monoisotopic (exact) mass is 299 g/mol. The second kappa shape index (κ2) is 4.88. The van der Waals surface area contributed by atoms with Crippen LogP contribution in [-0.4, -0.2) is 0 Å². The molecule has 1 aliphatic carbocycles. The number of hydrogen-bond acceptors (Lipinski definition) is 1. The van der Waals surface area contributed by atoms with E-state index in [1.54, 1.807) is 6.07 Å². The molecule has 1 N–H and O–H groups in total. The molecular formula is C18H15ClFN. The average Bonchev–Trinajstić information content (AvgIpc) is 2.98. The minimum atomic E-state index is -0.176. The van der Waals surface area contributed by atoms with Crippen LogP contribution in [0.25, 0.3) is 0 Å². The Hall–Kier alpha value is -1.80. The second-order valence-electron chi connectivity index (χ2n) is 5.73. The van der Waals surface area contributed by atoms with E-state index in [2.05, 4.69) is 17.5 Å². The van der Waals surface area contributed by atoms with Gasteiger partial charge >= 0.3 is 0 Å². The normalized spacial score (nSPS) is 26.1. The topological polar surface area (TPSA) is 12.0 Å². The van der Waals surface area contributed by atoms with Gasteiger partial charge in [-0.15, -0.1) is 0 Å². The van der Waals surface area contributed by atoms with Crippen molar-refractivity contribution in [3.63, 3.8) is 0 Å². The van der Waals surface area contributed by atoms with Gasteiger partial charge in [-0.2, -0.15) is 0 Å². The van der Waals surface area contributed by atoms with Crippen molar-refractivity contribution in [2.75, 3.05) is 5.32 Å². The fraction of sp³-hybridized carbons (Fsp3) is 0.222. The number of nitrogens with one attached hydrogen (secondary N) is 1. The van der Waals surface area contributed by atoms with Crippen LogP contribution < -0.4 is 5.32 Å². The fourth-order valence-electron chi connectivity index (χ4n) is 3.58. The Kier molecular flexibility index (Phi) is 3.00. The maximum atomic E-state index is 14.2. The predicted octanol–water partition coefficient (Wildman–Crippen LogP) is 5.31. The van der Waals surface area contributed by atoms with E-state index in [9.17, 15) is 4.39 Å². The first-order chi connectivity index (χ1) is 10.2. The maximum absolute atomic E-state index is 14.2. The number of allylic oxidation sites excluding steroid dienone is 2. The molecule has 4 rings (SSSR count). The van der Waals surface area contributed by atoms with E-state index >= 15 is 0 Å². The summed E-state index contributed by atoms with van der Waals surface area (Å²) in [4.78, 5) is 0. The van der Waals surface area contributed by atoms with Crippen molar-refractivity contribution in [2.24, 2.45) is 5.92 Å². The summed E-state index contributed by atoms with van der Waals surface area (Å²) >= 11 is 5.98. The van der Waals surface area contributed by atoms with E-state index in [4.69, 9.17) is 11.6 Å². The quantitative estimate of drug-likeness (QED) is 0.704. The molecule has 2 aliphatic rings. The van der Waals surface area contributed by atoms with Gasteiger partial charge in [0.2, 0.25) is 0 Å². The van der Waals surface area contributed by atoms with Crippen molar-refractivity contribution in [1.82, 2.24) is 0 Å². The summed E-state index contributed by atoms with van der Waals surface area (Å²) in [6.07, 6.45) is 5.44.